The van der Waals surface area contributed by atoms with Crippen LogP contribution < -0.4 is 5.48 Å². The zero-order valence-corrected chi connectivity index (χ0v) is 13.0. The lowest BCUT2D eigenvalue weighted by Gasteiger charge is -2.21. The Morgan fingerprint density at radius 2 is 2.33 bits per heavy atom. The molecule has 114 valence electrons. The van der Waals surface area contributed by atoms with Gasteiger partial charge in [0.15, 0.2) is 11.4 Å². The Balaban J connectivity index is 1.95. The number of rotatable bonds is 3. The van der Waals surface area contributed by atoms with E-state index in [2.05, 4.69) is 5.48 Å². The second-order valence-electron chi connectivity index (χ2n) is 5.67. The van der Waals surface area contributed by atoms with Gasteiger partial charge in [0.1, 0.15) is 5.70 Å². The quantitative estimate of drug-likeness (QED) is 0.893. The molecule has 1 spiro atoms. The van der Waals surface area contributed by atoms with Crippen LogP contribution in [0.1, 0.15) is 37.3 Å². The summed E-state index contributed by atoms with van der Waals surface area (Å²) in [5.74, 6) is 0.237. The molecule has 1 aromatic rings. The van der Waals surface area contributed by atoms with Gasteiger partial charge in [0.2, 0.25) is 0 Å². The predicted molar refractivity (Wildman–Crippen MR) is 82.0 cm³/mol. The van der Waals surface area contributed by atoms with Crippen molar-refractivity contribution in [3.05, 3.63) is 40.1 Å². The summed E-state index contributed by atoms with van der Waals surface area (Å²) in [4.78, 5) is 5.75. The number of benzene rings is 1. The summed E-state index contributed by atoms with van der Waals surface area (Å²) in [6.45, 7) is 4.62. The summed E-state index contributed by atoms with van der Waals surface area (Å²) in [5, 5.41) is 11.3. The standard InChI is InChI=1S/C16H20ClNO3/c1-3-20-11-7-8-16(9-11)15(19)14(18-21-16)13-10(2)5-4-6-12(13)17/h4-6,11,18-19H,3,7-9H2,1-2H3. The Hall–Kier alpha value is -1.23. The van der Waals surface area contributed by atoms with Crippen LogP contribution in [0.2, 0.25) is 5.02 Å². The largest absolute Gasteiger partial charge is 0.507 e. The first-order valence-electron chi connectivity index (χ1n) is 7.32. The van der Waals surface area contributed by atoms with Crippen molar-refractivity contribution in [2.45, 2.75) is 44.8 Å². The molecule has 0 saturated heterocycles. The maximum Gasteiger partial charge on any atom is 0.157 e. The molecular formula is C16H20ClNO3. The van der Waals surface area contributed by atoms with Gasteiger partial charge in [-0.1, -0.05) is 23.7 Å². The van der Waals surface area contributed by atoms with E-state index in [4.69, 9.17) is 21.2 Å². The molecule has 0 radical (unpaired) electrons. The van der Waals surface area contributed by atoms with Gasteiger partial charge >= 0.3 is 0 Å². The van der Waals surface area contributed by atoms with E-state index >= 15 is 0 Å². The van der Waals surface area contributed by atoms with Crippen molar-refractivity contribution in [3.8, 4) is 0 Å². The zero-order valence-electron chi connectivity index (χ0n) is 12.3. The number of nitrogens with one attached hydrogen (secondary N) is 1. The van der Waals surface area contributed by atoms with Gasteiger partial charge in [0.25, 0.3) is 0 Å². The normalized spacial score (nSPS) is 28.4. The van der Waals surface area contributed by atoms with Gasteiger partial charge in [-0.3, -0.25) is 10.3 Å². The van der Waals surface area contributed by atoms with Gasteiger partial charge in [-0.05, 0) is 38.3 Å². The van der Waals surface area contributed by atoms with Crippen molar-refractivity contribution >= 4 is 17.3 Å². The summed E-state index contributed by atoms with van der Waals surface area (Å²) < 4.78 is 5.66. The smallest absolute Gasteiger partial charge is 0.157 e. The van der Waals surface area contributed by atoms with Crippen LogP contribution in [0.15, 0.2) is 24.0 Å². The van der Waals surface area contributed by atoms with Crippen LogP contribution in [-0.2, 0) is 9.57 Å². The minimum atomic E-state index is -0.680. The number of hydrogen-bond donors (Lipinski definition) is 2. The number of halogens is 1. The molecule has 0 bridgehead atoms. The predicted octanol–water partition coefficient (Wildman–Crippen LogP) is 3.74. The van der Waals surface area contributed by atoms with Gasteiger partial charge in [-0.15, -0.1) is 0 Å². The molecule has 1 aliphatic heterocycles. The monoisotopic (exact) mass is 309 g/mol. The van der Waals surface area contributed by atoms with Crippen LogP contribution in [-0.4, -0.2) is 23.4 Å². The molecule has 2 aliphatic rings. The highest BCUT2D eigenvalue weighted by atomic mass is 35.5. The Morgan fingerprint density at radius 1 is 1.52 bits per heavy atom. The van der Waals surface area contributed by atoms with Crippen molar-refractivity contribution in [1.29, 1.82) is 0 Å². The molecule has 1 heterocycles. The summed E-state index contributed by atoms with van der Waals surface area (Å²) in [7, 11) is 0. The average Bonchev–Trinajstić information content (AvgIpc) is 2.99. The molecule has 2 atom stereocenters. The molecule has 2 unspecified atom stereocenters. The van der Waals surface area contributed by atoms with Crippen molar-refractivity contribution in [3.63, 3.8) is 0 Å². The van der Waals surface area contributed by atoms with Crippen LogP contribution in [0.4, 0.5) is 0 Å². The van der Waals surface area contributed by atoms with Gasteiger partial charge in [0.05, 0.1) is 11.1 Å². The van der Waals surface area contributed by atoms with Gasteiger partial charge in [-0.2, -0.15) is 0 Å². The Morgan fingerprint density at radius 3 is 3.05 bits per heavy atom. The fourth-order valence-electron chi connectivity index (χ4n) is 3.24. The van der Waals surface area contributed by atoms with Crippen molar-refractivity contribution in [2.24, 2.45) is 0 Å². The molecule has 4 nitrogen and oxygen atoms in total. The molecule has 21 heavy (non-hydrogen) atoms. The number of aliphatic hydroxyl groups excluding tert-OH is 1. The Labute approximate surface area is 129 Å². The minimum Gasteiger partial charge on any atom is -0.507 e. The lowest BCUT2D eigenvalue weighted by molar-refractivity contribution is -0.0632. The fraction of sp³-hybridized carbons (Fsp3) is 0.500. The third kappa shape index (κ3) is 2.41. The van der Waals surface area contributed by atoms with E-state index in [1.807, 2.05) is 32.0 Å². The van der Waals surface area contributed by atoms with E-state index < -0.39 is 5.60 Å². The van der Waals surface area contributed by atoms with Crippen molar-refractivity contribution in [2.75, 3.05) is 6.61 Å². The molecule has 1 aromatic carbocycles. The highest BCUT2D eigenvalue weighted by molar-refractivity contribution is 6.32. The summed E-state index contributed by atoms with van der Waals surface area (Å²) in [6.07, 6.45) is 2.41. The van der Waals surface area contributed by atoms with Crippen molar-refractivity contribution < 1.29 is 14.7 Å². The second-order valence-corrected chi connectivity index (χ2v) is 6.08. The average molecular weight is 310 g/mol. The lowest BCUT2D eigenvalue weighted by Crippen LogP contribution is -2.30. The zero-order chi connectivity index (χ0) is 15.0. The number of ether oxygens (including phenoxy) is 1. The first-order chi connectivity index (χ1) is 10.1. The van der Waals surface area contributed by atoms with Crippen LogP contribution in [0.3, 0.4) is 0 Å². The molecular weight excluding hydrogens is 290 g/mol. The summed E-state index contributed by atoms with van der Waals surface area (Å²) in [6, 6.07) is 5.67. The van der Waals surface area contributed by atoms with E-state index in [-0.39, 0.29) is 11.9 Å². The van der Waals surface area contributed by atoms with Crippen LogP contribution in [0.5, 0.6) is 0 Å². The topological polar surface area (TPSA) is 50.7 Å². The van der Waals surface area contributed by atoms with E-state index in [1.165, 1.54) is 0 Å². The highest BCUT2D eigenvalue weighted by Gasteiger charge is 2.50. The van der Waals surface area contributed by atoms with Gasteiger partial charge in [-0.25, -0.2) is 0 Å². The van der Waals surface area contributed by atoms with Gasteiger partial charge in [0, 0.05) is 18.6 Å². The van der Waals surface area contributed by atoms with Crippen LogP contribution >= 0.6 is 11.6 Å². The van der Waals surface area contributed by atoms with E-state index in [0.717, 1.165) is 24.0 Å². The number of aryl methyl sites for hydroxylation is 1. The highest BCUT2D eigenvalue weighted by Crippen LogP contribution is 2.46. The minimum absolute atomic E-state index is 0.130. The van der Waals surface area contributed by atoms with E-state index in [9.17, 15) is 5.11 Å². The lowest BCUT2D eigenvalue weighted by atomic mass is 9.95. The van der Waals surface area contributed by atoms with Gasteiger partial charge < -0.3 is 9.84 Å². The molecule has 1 aliphatic carbocycles. The van der Waals surface area contributed by atoms with Crippen LogP contribution in [0, 0.1) is 6.92 Å². The molecule has 3 rings (SSSR count). The molecule has 1 fully saturated rings. The molecule has 1 saturated carbocycles. The number of aliphatic hydroxyl groups is 1. The third-order valence-electron chi connectivity index (χ3n) is 4.32. The second kappa shape index (κ2) is 5.52. The SMILES string of the molecule is CCOC1CCC2(C1)ONC(c1c(C)cccc1Cl)=C2O. The Kier molecular flexibility index (Phi) is 3.86. The molecule has 0 aromatic heterocycles. The van der Waals surface area contributed by atoms with Crippen molar-refractivity contribution in [1.82, 2.24) is 5.48 Å². The number of hydroxylamine groups is 1. The molecule has 2 N–H and O–H groups in total. The Bertz CT molecular complexity index is 567. The maximum absolute atomic E-state index is 10.7. The number of hydrogen-bond acceptors (Lipinski definition) is 4. The molecule has 0 amide bonds. The first-order valence-corrected chi connectivity index (χ1v) is 7.70. The third-order valence-corrected chi connectivity index (χ3v) is 4.63. The van der Waals surface area contributed by atoms with Crippen LogP contribution in [0.25, 0.3) is 5.70 Å². The fourth-order valence-corrected chi connectivity index (χ4v) is 3.56. The first kappa shape index (κ1) is 14.7. The van der Waals surface area contributed by atoms with E-state index in [0.29, 0.717) is 23.7 Å². The summed E-state index contributed by atoms with van der Waals surface area (Å²) >= 11 is 6.28. The summed E-state index contributed by atoms with van der Waals surface area (Å²) in [5.41, 5.74) is 4.58. The molecule has 5 heteroatoms. The maximum atomic E-state index is 10.7. The van der Waals surface area contributed by atoms with E-state index in [1.54, 1.807) is 0 Å².